The van der Waals surface area contributed by atoms with Crippen LogP contribution in [0.3, 0.4) is 0 Å². The highest BCUT2D eigenvalue weighted by atomic mass is 17.2. The topological polar surface area (TPSA) is 96.2 Å². The van der Waals surface area contributed by atoms with Gasteiger partial charge < -0.3 is 15.2 Å². The fraction of sp³-hybridized carbons (Fsp3) is 0. The average Bonchev–Trinajstić information content (AvgIpc) is 1.61. The molecule has 3 N–H and O–H groups in total. The van der Waals surface area contributed by atoms with Gasteiger partial charge in [0.25, 0.3) is 0 Å². The molecule has 0 aromatic heterocycles. The lowest BCUT2D eigenvalue weighted by Gasteiger charge is -1.93. The first kappa shape index (κ1) is 7.21. The van der Waals surface area contributed by atoms with E-state index in [0.717, 1.165) is 0 Å². The molecule has 0 rings (SSSR count). The lowest BCUT2D eigenvalue weighted by molar-refractivity contribution is -0.190. The number of hydrogen-bond acceptors (Lipinski definition) is 5. The van der Waals surface area contributed by atoms with Gasteiger partial charge in [-0.3, -0.25) is 4.89 Å². The molecule has 7 heteroatoms. The molecule has 0 saturated carbocycles. The Morgan fingerprint density at radius 3 is 2.12 bits per heavy atom. The molecule has 0 spiro atoms. The molecule has 0 aromatic carbocycles. The number of rotatable bonds is 2. The molecule has 0 bridgehead atoms. The van der Waals surface area contributed by atoms with E-state index in [1.165, 1.54) is 0 Å². The quantitative estimate of drug-likeness (QED) is 0.236. The van der Waals surface area contributed by atoms with Crippen LogP contribution in [0.2, 0.25) is 0 Å². The summed E-state index contributed by atoms with van der Waals surface area (Å²) in [6.07, 6.45) is -1.74. The maximum Gasteiger partial charge on any atom is 0.673 e. The van der Waals surface area contributed by atoms with Crippen molar-refractivity contribution < 1.29 is 29.6 Å². The van der Waals surface area contributed by atoms with Gasteiger partial charge in [0, 0.05) is 0 Å². The normalized spacial score (nSPS) is 8.25. The van der Waals surface area contributed by atoms with E-state index in [2.05, 4.69) is 9.69 Å². The highest BCUT2D eigenvalue weighted by Gasteiger charge is 2.12. The molecule has 8 heavy (non-hydrogen) atoms. The first-order chi connectivity index (χ1) is 3.63. The van der Waals surface area contributed by atoms with Gasteiger partial charge in [0.1, 0.15) is 0 Å². The van der Waals surface area contributed by atoms with Crippen molar-refractivity contribution in [3.8, 4) is 0 Å². The first-order valence-electron chi connectivity index (χ1n) is 1.55. The predicted molar refractivity (Wildman–Crippen MR) is 20.4 cm³/mol. The van der Waals surface area contributed by atoms with Crippen molar-refractivity contribution in [1.82, 2.24) is 0 Å². The van der Waals surface area contributed by atoms with Gasteiger partial charge >= 0.3 is 13.5 Å². The van der Waals surface area contributed by atoms with Gasteiger partial charge in [-0.05, 0) is 0 Å². The third-order valence-corrected chi connectivity index (χ3v) is 0.205. The van der Waals surface area contributed by atoms with Crippen LogP contribution < -0.4 is 0 Å². The van der Waals surface area contributed by atoms with Crippen LogP contribution >= 0.6 is 0 Å². The summed E-state index contributed by atoms with van der Waals surface area (Å²) in [6, 6.07) is 0. The zero-order chi connectivity index (χ0) is 6.57. The van der Waals surface area contributed by atoms with Crippen LogP contribution in [0.5, 0.6) is 0 Å². The standard InChI is InChI=1S/CH3BO6/c3-1(4)7-8-2(5)6/h5-6H,(H,3,4). The van der Waals surface area contributed by atoms with E-state index in [9.17, 15) is 4.79 Å². The molecule has 0 aliphatic rings. The molecule has 0 aliphatic carbocycles. The second-order valence-electron chi connectivity index (χ2n) is 0.772. The summed E-state index contributed by atoms with van der Waals surface area (Å²) in [5.74, 6) is 0. The molecule has 0 saturated heterocycles. The van der Waals surface area contributed by atoms with Gasteiger partial charge in [0.05, 0.1) is 0 Å². The van der Waals surface area contributed by atoms with Gasteiger partial charge in [-0.2, -0.15) is 4.81 Å². The van der Waals surface area contributed by atoms with E-state index in [0.29, 0.717) is 0 Å². The van der Waals surface area contributed by atoms with E-state index in [1.807, 2.05) is 0 Å². The summed E-state index contributed by atoms with van der Waals surface area (Å²) >= 11 is 0. The molecule has 0 heterocycles. The maximum absolute atomic E-state index is 9.33. The Morgan fingerprint density at radius 1 is 1.50 bits per heavy atom. The lowest BCUT2D eigenvalue weighted by atomic mass is 10.3. The number of hydrogen-bond donors (Lipinski definition) is 3. The van der Waals surface area contributed by atoms with E-state index in [1.54, 1.807) is 0 Å². The summed E-state index contributed by atoms with van der Waals surface area (Å²) in [4.78, 5) is 15.9. The second-order valence-corrected chi connectivity index (χ2v) is 0.772. The minimum atomic E-state index is -2.22. The minimum Gasteiger partial charge on any atom is -0.448 e. The minimum absolute atomic E-state index is 1.74. The Hall–Kier alpha value is -0.785. The molecule has 0 fully saturated rings. The van der Waals surface area contributed by atoms with Crippen molar-refractivity contribution in [3.63, 3.8) is 0 Å². The second kappa shape index (κ2) is 3.25. The third-order valence-electron chi connectivity index (χ3n) is 0.205. The maximum atomic E-state index is 9.33. The van der Waals surface area contributed by atoms with E-state index >= 15 is 0 Å². The highest BCUT2D eigenvalue weighted by molar-refractivity contribution is 6.32. The summed E-state index contributed by atoms with van der Waals surface area (Å²) in [5, 5.41) is 23.1. The Morgan fingerprint density at radius 2 is 2.00 bits per heavy atom. The first-order valence-corrected chi connectivity index (χ1v) is 1.55. The lowest BCUT2D eigenvalue weighted by Crippen LogP contribution is -2.18. The SMILES string of the molecule is O=C(O)OOB(O)O. The number of carbonyl (C=O) groups is 1. The van der Waals surface area contributed by atoms with Crippen molar-refractivity contribution in [1.29, 1.82) is 0 Å². The van der Waals surface area contributed by atoms with Crippen LogP contribution in [0, 0.1) is 0 Å². The van der Waals surface area contributed by atoms with Gasteiger partial charge in [0.15, 0.2) is 0 Å². The molecular formula is CH3BO6. The van der Waals surface area contributed by atoms with Crippen molar-refractivity contribution in [2.24, 2.45) is 0 Å². The fourth-order valence-corrected chi connectivity index (χ4v) is 0.0842. The Labute approximate surface area is 44.4 Å². The van der Waals surface area contributed by atoms with Gasteiger partial charge in [0.2, 0.25) is 0 Å². The van der Waals surface area contributed by atoms with Gasteiger partial charge in [-0.1, -0.05) is 0 Å². The largest absolute Gasteiger partial charge is 0.673 e. The van der Waals surface area contributed by atoms with E-state index in [-0.39, 0.29) is 0 Å². The average molecular weight is 122 g/mol. The molecule has 0 atom stereocenters. The number of carboxylic acid groups (broad SMARTS) is 1. The van der Waals surface area contributed by atoms with Crippen LogP contribution in [0.25, 0.3) is 0 Å². The molecule has 0 aromatic rings. The van der Waals surface area contributed by atoms with Crippen LogP contribution in [-0.2, 0) is 9.69 Å². The molecule has 0 aliphatic heterocycles. The zero-order valence-corrected chi connectivity index (χ0v) is 3.64. The monoisotopic (exact) mass is 122 g/mol. The molecular weight excluding hydrogens is 119 g/mol. The third kappa shape index (κ3) is 5.21. The zero-order valence-electron chi connectivity index (χ0n) is 3.64. The predicted octanol–water partition coefficient (Wildman–Crippen LogP) is -1.42. The van der Waals surface area contributed by atoms with E-state index in [4.69, 9.17) is 15.2 Å². The molecule has 0 radical (unpaired) electrons. The van der Waals surface area contributed by atoms with Crippen molar-refractivity contribution in [2.75, 3.05) is 0 Å². The van der Waals surface area contributed by atoms with Crippen molar-refractivity contribution in [2.45, 2.75) is 0 Å². The smallest absolute Gasteiger partial charge is 0.448 e. The summed E-state index contributed by atoms with van der Waals surface area (Å²) < 4.78 is 0. The summed E-state index contributed by atoms with van der Waals surface area (Å²) in [5.41, 5.74) is 0. The summed E-state index contributed by atoms with van der Waals surface area (Å²) in [7, 11) is -2.22. The van der Waals surface area contributed by atoms with Crippen molar-refractivity contribution in [3.05, 3.63) is 0 Å². The van der Waals surface area contributed by atoms with E-state index < -0.39 is 13.5 Å². The molecule has 0 unspecified atom stereocenters. The van der Waals surface area contributed by atoms with Crippen LogP contribution in [0.4, 0.5) is 4.79 Å². The highest BCUT2D eigenvalue weighted by Crippen LogP contribution is 1.78. The van der Waals surface area contributed by atoms with Crippen LogP contribution in [0.15, 0.2) is 0 Å². The van der Waals surface area contributed by atoms with Crippen molar-refractivity contribution >= 4 is 13.5 Å². The Kier molecular flexibility index (Phi) is 2.93. The van der Waals surface area contributed by atoms with Crippen LogP contribution in [0.1, 0.15) is 0 Å². The molecule has 0 amide bonds. The fourth-order valence-electron chi connectivity index (χ4n) is 0.0842. The Bertz CT molecular complexity index is 78.6. The van der Waals surface area contributed by atoms with Gasteiger partial charge in [-0.15, -0.1) is 0 Å². The van der Waals surface area contributed by atoms with Gasteiger partial charge in [-0.25, -0.2) is 4.79 Å². The van der Waals surface area contributed by atoms with Crippen LogP contribution in [-0.4, -0.2) is 28.6 Å². The molecule has 46 valence electrons. The molecule has 6 nitrogen and oxygen atoms in total. The summed E-state index contributed by atoms with van der Waals surface area (Å²) in [6.45, 7) is 0. The Balaban J connectivity index is 3.05.